The molecular weight excluding hydrogens is 403 g/mol. The van der Waals surface area contributed by atoms with Crippen LogP contribution in [0.3, 0.4) is 0 Å². The molecule has 2 heterocycles. The highest BCUT2D eigenvalue weighted by molar-refractivity contribution is 5.90. The maximum atomic E-state index is 13.1. The molecule has 6 heteroatoms. The third-order valence-electron chi connectivity index (χ3n) is 5.59. The Bertz CT molecular complexity index is 1090. The Morgan fingerprint density at radius 3 is 2.13 bits per heavy atom. The summed E-state index contributed by atoms with van der Waals surface area (Å²) in [4.78, 5) is 11.7. The number of alkyl halides is 3. The Morgan fingerprint density at radius 1 is 1.00 bits per heavy atom. The number of carboxylic acid groups (broad SMARTS) is 1. The molecule has 3 aromatic rings. The molecule has 1 aliphatic heterocycles. The van der Waals surface area contributed by atoms with Crippen LogP contribution >= 0.6 is 0 Å². The van der Waals surface area contributed by atoms with E-state index in [2.05, 4.69) is 18.4 Å². The molecule has 0 saturated carbocycles. The lowest BCUT2D eigenvalue weighted by Crippen LogP contribution is -2.15. The van der Waals surface area contributed by atoms with Crippen molar-refractivity contribution in [1.82, 2.24) is 4.57 Å². The Kier molecular flexibility index (Phi) is 5.78. The Morgan fingerprint density at radius 2 is 1.58 bits per heavy atom. The van der Waals surface area contributed by atoms with Gasteiger partial charge in [0.1, 0.15) is 0 Å². The molecule has 0 aliphatic carbocycles. The third-order valence-corrected chi connectivity index (χ3v) is 5.59. The molecule has 0 amide bonds. The van der Waals surface area contributed by atoms with E-state index in [0.717, 1.165) is 35.4 Å². The van der Waals surface area contributed by atoms with E-state index in [1.54, 1.807) is 0 Å². The summed E-state index contributed by atoms with van der Waals surface area (Å²) in [5.41, 5.74) is 4.09. The summed E-state index contributed by atoms with van der Waals surface area (Å²) in [5, 5.41) is 9.57. The summed E-state index contributed by atoms with van der Waals surface area (Å²) in [6.07, 6.45) is -3.84. The zero-order chi connectivity index (χ0) is 21.7. The van der Waals surface area contributed by atoms with E-state index >= 15 is 0 Å². The van der Waals surface area contributed by atoms with Crippen molar-refractivity contribution in [3.8, 4) is 22.3 Å². The predicted molar refractivity (Wildman–Crippen MR) is 116 cm³/mol. The van der Waals surface area contributed by atoms with Gasteiger partial charge in [-0.15, -0.1) is 0 Å². The summed E-state index contributed by atoms with van der Waals surface area (Å²) in [5.74, 6) is -0.965. The molecule has 4 rings (SSSR count). The fraction of sp³-hybridized carbons (Fsp3) is 0.320. The van der Waals surface area contributed by atoms with Crippen molar-refractivity contribution >= 4 is 5.97 Å². The first-order valence-corrected chi connectivity index (χ1v) is 9.76. The molecule has 1 N–H and O–H groups in total. The summed E-state index contributed by atoms with van der Waals surface area (Å²) in [7, 11) is 0. The fourth-order valence-electron chi connectivity index (χ4n) is 4.41. The van der Waals surface area contributed by atoms with Gasteiger partial charge in [0.05, 0.1) is 12.0 Å². The van der Waals surface area contributed by atoms with Crippen LogP contribution in [0.2, 0.25) is 0 Å². The van der Waals surface area contributed by atoms with Gasteiger partial charge >= 0.3 is 12.1 Å². The van der Waals surface area contributed by atoms with Crippen molar-refractivity contribution in [3.63, 3.8) is 0 Å². The van der Waals surface area contributed by atoms with Gasteiger partial charge in [-0.05, 0) is 35.1 Å². The van der Waals surface area contributed by atoms with E-state index in [1.165, 1.54) is 12.1 Å². The van der Waals surface area contributed by atoms with E-state index in [1.807, 2.05) is 30.3 Å². The van der Waals surface area contributed by atoms with Gasteiger partial charge in [0.2, 0.25) is 0 Å². The summed E-state index contributed by atoms with van der Waals surface area (Å²) >= 11 is 0. The summed E-state index contributed by atoms with van der Waals surface area (Å²) < 4.78 is 41.2. The maximum Gasteiger partial charge on any atom is 0.416 e. The standard InChI is InChI=1S/C24H22F3NO2.CH4/c1-23(2)13-19-22(15-6-4-3-5-7-15)21(18(12-20(29)30)28(19)14-23)16-8-10-17(11-9-16)24(25,26)27;/h3-11H,12-14H2,1-2H3,(H,29,30);1H4. The van der Waals surface area contributed by atoms with E-state index in [4.69, 9.17) is 0 Å². The minimum Gasteiger partial charge on any atom is -0.481 e. The number of aromatic nitrogens is 1. The lowest BCUT2D eigenvalue weighted by Gasteiger charge is -2.19. The highest BCUT2D eigenvalue weighted by Gasteiger charge is 2.37. The second kappa shape index (κ2) is 7.91. The van der Waals surface area contributed by atoms with Crippen LogP contribution in [0.1, 0.15) is 38.2 Å². The molecule has 3 nitrogen and oxygen atoms in total. The van der Waals surface area contributed by atoms with Crippen LogP contribution in [0.15, 0.2) is 54.6 Å². The number of fused-ring (bicyclic) bond motifs is 1. The average Bonchev–Trinajstić information content (AvgIpc) is 3.12. The van der Waals surface area contributed by atoms with Crippen LogP contribution in [-0.4, -0.2) is 15.6 Å². The van der Waals surface area contributed by atoms with Gasteiger partial charge in [-0.2, -0.15) is 13.2 Å². The SMILES string of the molecule is C.CC1(C)Cc2c(-c3ccccc3)c(-c3ccc(C(F)(F)F)cc3)c(CC(=O)O)n2C1. The van der Waals surface area contributed by atoms with Gasteiger partial charge in [-0.1, -0.05) is 63.7 Å². The topological polar surface area (TPSA) is 42.2 Å². The molecule has 164 valence electrons. The number of hydrogen-bond acceptors (Lipinski definition) is 1. The first-order valence-electron chi connectivity index (χ1n) is 9.76. The van der Waals surface area contributed by atoms with Crippen LogP contribution in [0.25, 0.3) is 22.3 Å². The lowest BCUT2D eigenvalue weighted by molar-refractivity contribution is -0.138. The van der Waals surface area contributed by atoms with Crippen LogP contribution in [0.4, 0.5) is 13.2 Å². The van der Waals surface area contributed by atoms with Gasteiger partial charge in [-0.3, -0.25) is 4.79 Å². The first-order chi connectivity index (χ1) is 14.1. The van der Waals surface area contributed by atoms with Crippen LogP contribution in [-0.2, 0) is 30.4 Å². The number of rotatable bonds is 4. The average molecular weight is 429 g/mol. The van der Waals surface area contributed by atoms with E-state index < -0.39 is 17.7 Å². The quantitative estimate of drug-likeness (QED) is 0.502. The third kappa shape index (κ3) is 4.24. The molecule has 0 saturated heterocycles. The minimum atomic E-state index is -4.42. The van der Waals surface area contributed by atoms with E-state index in [0.29, 0.717) is 23.4 Å². The number of carbonyl (C=O) groups is 1. The number of aliphatic carboxylic acids is 1. The normalized spacial score (nSPS) is 14.7. The molecule has 0 unspecified atom stereocenters. The molecule has 1 aromatic heterocycles. The molecule has 2 aromatic carbocycles. The Labute approximate surface area is 180 Å². The molecule has 0 spiro atoms. The van der Waals surface area contributed by atoms with Gasteiger partial charge < -0.3 is 9.67 Å². The Balaban J connectivity index is 0.00000272. The highest BCUT2D eigenvalue weighted by Crippen LogP contribution is 2.47. The van der Waals surface area contributed by atoms with Gasteiger partial charge in [0.15, 0.2) is 0 Å². The van der Waals surface area contributed by atoms with Crippen LogP contribution in [0, 0.1) is 5.41 Å². The molecule has 0 atom stereocenters. The van der Waals surface area contributed by atoms with Crippen molar-refractivity contribution in [2.75, 3.05) is 0 Å². The number of nitrogens with zero attached hydrogens (tertiary/aromatic N) is 1. The highest BCUT2D eigenvalue weighted by atomic mass is 19.4. The predicted octanol–water partition coefficient (Wildman–Crippen LogP) is 6.69. The summed E-state index contributed by atoms with van der Waals surface area (Å²) in [6.45, 7) is 4.94. The fourth-order valence-corrected chi connectivity index (χ4v) is 4.41. The van der Waals surface area contributed by atoms with Crippen molar-refractivity contribution in [2.45, 2.75) is 46.8 Å². The van der Waals surface area contributed by atoms with Crippen molar-refractivity contribution < 1.29 is 23.1 Å². The second-order valence-corrected chi connectivity index (χ2v) is 8.58. The number of halogens is 3. The minimum absolute atomic E-state index is 0. The largest absolute Gasteiger partial charge is 0.481 e. The summed E-state index contributed by atoms with van der Waals surface area (Å²) in [6, 6.07) is 14.6. The number of hydrogen-bond donors (Lipinski definition) is 1. The Hall–Kier alpha value is -3.02. The molecule has 0 radical (unpaired) electrons. The van der Waals surface area contributed by atoms with E-state index in [9.17, 15) is 23.1 Å². The molecule has 0 bridgehead atoms. The molecular formula is C25H26F3NO2. The zero-order valence-corrected chi connectivity index (χ0v) is 16.8. The molecule has 31 heavy (non-hydrogen) atoms. The van der Waals surface area contributed by atoms with Crippen molar-refractivity contribution in [3.05, 3.63) is 71.5 Å². The van der Waals surface area contributed by atoms with Crippen molar-refractivity contribution in [1.29, 1.82) is 0 Å². The molecule has 0 fully saturated rings. The van der Waals surface area contributed by atoms with Gasteiger partial charge in [-0.25, -0.2) is 0 Å². The smallest absolute Gasteiger partial charge is 0.416 e. The monoisotopic (exact) mass is 429 g/mol. The molecule has 1 aliphatic rings. The first kappa shape index (κ1) is 22.7. The van der Waals surface area contributed by atoms with Crippen molar-refractivity contribution in [2.24, 2.45) is 5.41 Å². The van der Waals surface area contributed by atoms with Gasteiger partial charge in [0.25, 0.3) is 0 Å². The lowest BCUT2D eigenvalue weighted by atomic mass is 9.86. The zero-order valence-electron chi connectivity index (χ0n) is 16.8. The van der Waals surface area contributed by atoms with Crippen LogP contribution in [0.5, 0.6) is 0 Å². The number of carboxylic acids is 1. The van der Waals surface area contributed by atoms with Crippen LogP contribution < -0.4 is 0 Å². The maximum absolute atomic E-state index is 13.1. The van der Waals surface area contributed by atoms with Gasteiger partial charge in [0, 0.05) is 29.1 Å². The number of benzene rings is 2. The second-order valence-electron chi connectivity index (χ2n) is 8.58. The van der Waals surface area contributed by atoms with E-state index in [-0.39, 0.29) is 19.3 Å².